The molecule has 1 amide bonds. The Balaban J connectivity index is 3.45. The summed E-state index contributed by atoms with van der Waals surface area (Å²) in [5, 5.41) is 23.2. The number of carbonyl (C=O) groups excluding carboxylic acids is 2. The second kappa shape index (κ2) is 61.4. The predicted molar refractivity (Wildman–Crippen MR) is 315 cm³/mol. The topological polar surface area (TPSA) is 95.9 Å². The molecule has 0 aromatic heterocycles. The molecule has 3 N–H and O–H groups in total. The van der Waals surface area contributed by atoms with Crippen LogP contribution in [0.25, 0.3) is 0 Å². The van der Waals surface area contributed by atoms with E-state index in [1.807, 2.05) is 6.08 Å². The van der Waals surface area contributed by atoms with Crippen LogP contribution in [-0.4, -0.2) is 47.4 Å². The minimum atomic E-state index is -0.849. The first-order valence-electron chi connectivity index (χ1n) is 31.9. The molecule has 2 unspecified atom stereocenters. The zero-order valence-electron chi connectivity index (χ0n) is 48.2. The van der Waals surface area contributed by atoms with Crippen LogP contribution in [0.4, 0.5) is 0 Å². The summed E-state index contributed by atoms with van der Waals surface area (Å²) in [5.41, 5.74) is 0. The number of carbonyl (C=O) groups is 2. The van der Waals surface area contributed by atoms with Crippen molar-refractivity contribution in [2.24, 2.45) is 0 Å². The normalized spacial score (nSPS) is 12.9. The number of ether oxygens (including phenoxy) is 1. The van der Waals surface area contributed by atoms with Crippen LogP contribution in [0.3, 0.4) is 0 Å². The van der Waals surface area contributed by atoms with Crippen molar-refractivity contribution in [1.82, 2.24) is 5.32 Å². The maximum atomic E-state index is 12.5. The number of rotatable bonds is 59. The van der Waals surface area contributed by atoms with E-state index in [0.29, 0.717) is 19.4 Å². The molecule has 0 aliphatic rings. The molecule has 6 nitrogen and oxygen atoms in total. The van der Waals surface area contributed by atoms with Gasteiger partial charge in [0.05, 0.1) is 25.4 Å². The van der Waals surface area contributed by atoms with Crippen LogP contribution in [0.1, 0.15) is 335 Å². The summed E-state index contributed by atoms with van der Waals surface area (Å²) < 4.78 is 5.48. The van der Waals surface area contributed by atoms with E-state index in [-0.39, 0.29) is 18.5 Å². The van der Waals surface area contributed by atoms with Crippen LogP contribution >= 0.6 is 0 Å². The fraction of sp³-hybridized carbons (Fsp3) is 0.848. The van der Waals surface area contributed by atoms with Crippen molar-refractivity contribution >= 4 is 11.9 Å². The third kappa shape index (κ3) is 57.1. The predicted octanol–water partition coefficient (Wildman–Crippen LogP) is 20.1. The fourth-order valence-electron chi connectivity index (χ4n) is 9.66. The van der Waals surface area contributed by atoms with Crippen LogP contribution < -0.4 is 5.32 Å². The van der Waals surface area contributed by atoms with Gasteiger partial charge >= 0.3 is 5.97 Å². The first kappa shape index (κ1) is 69.8. The van der Waals surface area contributed by atoms with E-state index in [1.165, 1.54) is 250 Å². The van der Waals surface area contributed by atoms with Crippen LogP contribution in [0.15, 0.2) is 48.6 Å². The summed E-state index contributed by atoms with van der Waals surface area (Å²) >= 11 is 0. The molecule has 0 bridgehead atoms. The van der Waals surface area contributed by atoms with E-state index in [1.54, 1.807) is 6.08 Å². The lowest BCUT2D eigenvalue weighted by molar-refractivity contribution is -0.143. The monoisotopic (exact) mass is 1010 g/mol. The summed E-state index contributed by atoms with van der Waals surface area (Å²) in [7, 11) is 0. The molecule has 72 heavy (non-hydrogen) atoms. The van der Waals surface area contributed by atoms with Gasteiger partial charge in [-0.15, -0.1) is 0 Å². The number of unbranched alkanes of at least 4 members (excludes halogenated alkanes) is 42. The van der Waals surface area contributed by atoms with Crippen molar-refractivity contribution in [2.75, 3.05) is 13.2 Å². The molecule has 0 radical (unpaired) electrons. The van der Waals surface area contributed by atoms with Gasteiger partial charge in [-0.1, -0.05) is 281 Å². The molecule has 0 fully saturated rings. The Kier molecular flexibility index (Phi) is 59.5. The number of esters is 1. The van der Waals surface area contributed by atoms with Gasteiger partial charge in [-0.25, -0.2) is 0 Å². The van der Waals surface area contributed by atoms with Crippen molar-refractivity contribution in [3.63, 3.8) is 0 Å². The highest BCUT2D eigenvalue weighted by Crippen LogP contribution is 2.17. The molecule has 0 aromatic rings. The standard InChI is InChI=1S/C66H123NO5/c1-3-5-7-9-11-13-15-17-19-27-31-34-38-42-46-50-54-58-64(69)63(62-68)67-65(70)59-55-51-47-43-39-35-32-28-25-23-21-20-22-24-26-29-33-37-41-45-49-53-57-61-72-66(71)60-56-52-48-44-40-36-30-18-16-14-12-10-8-6-4-2/h12,14,18,23,25,30,54,58,63-64,68-69H,3-11,13,15-17,19-22,24,26-29,31-53,55-57,59-62H2,1-2H3,(H,67,70)/b14-12-,25-23-,30-18-,58-54+. The van der Waals surface area contributed by atoms with Gasteiger partial charge in [0.1, 0.15) is 0 Å². The zero-order chi connectivity index (χ0) is 52.2. The van der Waals surface area contributed by atoms with E-state index < -0.39 is 12.1 Å². The molecule has 0 saturated carbocycles. The highest BCUT2D eigenvalue weighted by molar-refractivity contribution is 5.76. The van der Waals surface area contributed by atoms with Gasteiger partial charge in [-0.2, -0.15) is 0 Å². The van der Waals surface area contributed by atoms with Gasteiger partial charge in [0.25, 0.3) is 0 Å². The Labute approximate surface area is 448 Å². The maximum Gasteiger partial charge on any atom is 0.305 e. The quantitative estimate of drug-likeness (QED) is 0.0320. The first-order chi connectivity index (χ1) is 35.5. The molecule has 0 spiro atoms. The van der Waals surface area contributed by atoms with E-state index in [4.69, 9.17) is 4.74 Å². The smallest absolute Gasteiger partial charge is 0.305 e. The maximum absolute atomic E-state index is 12.5. The Morgan fingerprint density at radius 2 is 0.694 bits per heavy atom. The summed E-state index contributed by atoms with van der Waals surface area (Å²) in [5.74, 6) is -0.0764. The highest BCUT2D eigenvalue weighted by Gasteiger charge is 2.18. The van der Waals surface area contributed by atoms with E-state index in [2.05, 4.69) is 55.6 Å². The lowest BCUT2D eigenvalue weighted by Crippen LogP contribution is -2.45. The molecular formula is C66H123NO5. The van der Waals surface area contributed by atoms with Gasteiger partial charge in [0.15, 0.2) is 0 Å². The van der Waals surface area contributed by atoms with Gasteiger partial charge < -0.3 is 20.3 Å². The Morgan fingerprint density at radius 3 is 1.10 bits per heavy atom. The van der Waals surface area contributed by atoms with Gasteiger partial charge in [0.2, 0.25) is 5.91 Å². The number of hydrogen-bond acceptors (Lipinski definition) is 5. The summed E-state index contributed by atoms with van der Waals surface area (Å²) in [4.78, 5) is 24.5. The number of allylic oxidation sites excluding steroid dienone is 7. The molecule has 422 valence electrons. The average molecular weight is 1010 g/mol. The molecular weight excluding hydrogens is 887 g/mol. The van der Waals surface area contributed by atoms with Crippen molar-refractivity contribution in [3.8, 4) is 0 Å². The summed E-state index contributed by atoms with van der Waals surface area (Å²) in [6, 6.07) is -0.633. The largest absolute Gasteiger partial charge is 0.466 e. The number of amides is 1. The molecule has 0 aromatic carbocycles. The van der Waals surface area contributed by atoms with Crippen molar-refractivity contribution in [1.29, 1.82) is 0 Å². The fourth-order valence-corrected chi connectivity index (χ4v) is 9.66. The second-order valence-corrected chi connectivity index (χ2v) is 21.7. The molecule has 0 rings (SSSR count). The van der Waals surface area contributed by atoms with Crippen LogP contribution in [0, 0.1) is 0 Å². The third-order valence-electron chi connectivity index (χ3n) is 14.6. The van der Waals surface area contributed by atoms with Crippen molar-refractivity contribution < 1.29 is 24.5 Å². The number of aliphatic hydroxyl groups excluding tert-OH is 2. The lowest BCUT2D eigenvalue weighted by atomic mass is 10.0. The van der Waals surface area contributed by atoms with E-state index in [0.717, 1.165) is 57.8 Å². The highest BCUT2D eigenvalue weighted by atomic mass is 16.5. The Hall–Kier alpha value is -2.18. The second-order valence-electron chi connectivity index (χ2n) is 21.7. The van der Waals surface area contributed by atoms with Crippen LogP contribution in [0.5, 0.6) is 0 Å². The van der Waals surface area contributed by atoms with Gasteiger partial charge in [-0.05, 0) is 89.9 Å². The SMILES string of the molecule is CCCCC/C=C\C/C=C\CCCCCCCC(=O)OCCCCCCCCCCCCCC/C=C\CCCCCCCCCC(=O)NC(CO)C(O)/C=C/CCCCCCCCCCCCCCCCC. The molecule has 6 heteroatoms. The molecule has 0 heterocycles. The molecule has 0 aliphatic carbocycles. The zero-order valence-corrected chi connectivity index (χ0v) is 48.2. The minimum absolute atomic E-state index is 0.00324. The van der Waals surface area contributed by atoms with E-state index >= 15 is 0 Å². The van der Waals surface area contributed by atoms with Crippen LogP contribution in [-0.2, 0) is 14.3 Å². The average Bonchev–Trinajstić information content (AvgIpc) is 3.38. The van der Waals surface area contributed by atoms with E-state index in [9.17, 15) is 19.8 Å². The summed E-state index contributed by atoms with van der Waals surface area (Å²) in [6.07, 6.45) is 78.7. The number of aliphatic hydroxyl groups is 2. The third-order valence-corrected chi connectivity index (χ3v) is 14.6. The number of nitrogens with one attached hydrogen (secondary N) is 1. The van der Waals surface area contributed by atoms with Crippen LogP contribution in [0.2, 0.25) is 0 Å². The van der Waals surface area contributed by atoms with Gasteiger partial charge in [-0.3, -0.25) is 9.59 Å². The number of hydrogen-bond donors (Lipinski definition) is 3. The summed E-state index contributed by atoms with van der Waals surface area (Å²) in [6.45, 7) is 4.88. The molecule has 0 saturated heterocycles. The Morgan fingerprint density at radius 1 is 0.389 bits per heavy atom. The van der Waals surface area contributed by atoms with Gasteiger partial charge in [0, 0.05) is 12.8 Å². The molecule has 0 aliphatic heterocycles. The van der Waals surface area contributed by atoms with Crippen molar-refractivity contribution in [2.45, 2.75) is 347 Å². The lowest BCUT2D eigenvalue weighted by Gasteiger charge is -2.20. The first-order valence-corrected chi connectivity index (χ1v) is 31.9. The molecule has 2 atom stereocenters. The van der Waals surface area contributed by atoms with Crippen molar-refractivity contribution in [3.05, 3.63) is 48.6 Å². The minimum Gasteiger partial charge on any atom is -0.466 e. The Bertz CT molecular complexity index is 1210.